The van der Waals surface area contributed by atoms with E-state index < -0.39 is 0 Å². The summed E-state index contributed by atoms with van der Waals surface area (Å²) in [4.78, 5) is 16.2. The van der Waals surface area contributed by atoms with Crippen LogP contribution in [0.4, 0.5) is 5.69 Å². The van der Waals surface area contributed by atoms with Gasteiger partial charge in [0.05, 0.1) is 17.9 Å². The molecule has 2 rings (SSSR count). The van der Waals surface area contributed by atoms with E-state index in [-0.39, 0.29) is 5.91 Å². The van der Waals surface area contributed by atoms with Gasteiger partial charge in [-0.15, -0.1) is 0 Å². The number of hydrogen-bond donors (Lipinski definition) is 1. The summed E-state index contributed by atoms with van der Waals surface area (Å²) in [6, 6.07) is 12.9. The number of amides is 1. The number of aromatic nitrogens is 1. The second-order valence-corrected chi connectivity index (χ2v) is 4.00. The Balaban J connectivity index is 1.99. The summed E-state index contributed by atoms with van der Waals surface area (Å²) in [5.41, 5.74) is 2.12. The zero-order chi connectivity index (χ0) is 13.5. The van der Waals surface area contributed by atoms with Crippen molar-refractivity contribution in [2.24, 2.45) is 0 Å². The largest absolute Gasteiger partial charge is 0.375 e. The monoisotopic (exact) mass is 256 g/mol. The molecule has 4 heteroatoms. The van der Waals surface area contributed by atoms with Crippen LogP contribution in [0.5, 0.6) is 0 Å². The summed E-state index contributed by atoms with van der Waals surface area (Å²) in [5.74, 6) is -0.165. The van der Waals surface area contributed by atoms with E-state index in [4.69, 9.17) is 4.74 Å². The predicted octanol–water partition coefficient (Wildman–Crippen LogP) is 2.87. The Kier molecular flexibility index (Phi) is 4.64. The Morgan fingerprint density at radius 1 is 1.21 bits per heavy atom. The minimum Gasteiger partial charge on any atom is -0.375 e. The van der Waals surface area contributed by atoms with Gasteiger partial charge < -0.3 is 10.1 Å². The highest BCUT2D eigenvalue weighted by molar-refractivity contribution is 6.03. The molecule has 1 aromatic carbocycles. The Morgan fingerprint density at radius 2 is 2.00 bits per heavy atom. The smallest absolute Gasteiger partial charge is 0.257 e. The number of anilines is 1. The lowest BCUT2D eigenvalue weighted by atomic mass is 10.2. The van der Waals surface area contributed by atoms with Crippen LogP contribution in [0.3, 0.4) is 0 Å². The Morgan fingerprint density at radius 3 is 2.63 bits per heavy atom. The van der Waals surface area contributed by atoms with Gasteiger partial charge in [0.25, 0.3) is 5.91 Å². The average Bonchev–Trinajstić information content (AvgIpc) is 2.46. The lowest BCUT2D eigenvalue weighted by Crippen LogP contribution is -2.12. The van der Waals surface area contributed by atoms with Crippen LogP contribution in [0.2, 0.25) is 0 Å². The maximum absolute atomic E-state index is 12.0. The lowest BCUT2D eigenvalue weighted by Gasteiger charge is -2.05. The van der Waals surface area contributed by atoms with Crippen molar-refractivity contribution in [2.45, 2.75) is 13.5 Å². The summed E-state index contributed by atoms with van der Waals surface area (Å²) in [5, 5.41) is 2.81. The Hall–Kier alpha value is -2.20. The minimum atomic E-state index is -0.165. The van der Waals surface area contributed by atoms with Crippen molar-refractivity contribution in [1.29, 1.82) is 0 Å². The summed E-state index contributed by atoms with van der Waals surface area (Å²) in [6.07, 6.45) is 1.56. The van der Waals surface area contributed by atoms with Gasteiger partial charge in [-0.3, -0.25) is 9.78 Å². The van der Waals surface area contributed by atoms with Crippen LogP contribution in [0.1, 0.15) is 23.0 Å². The molecule has 1 amide bonds. The molecule has 0 atom stereocenters. The van der Waals surface area contributed by atoms with E-state index in [0.29, 0.717) is 18.8 Å². The molecule has 98 valence electrons. The van der Waals surface area contributed by atoms with Crippen molar-refractivity contribution < 1.29 is 9.53 Å². The fourth-order valence-corrected chi connectivity index (χ4v) is 1.58. The number of carbonyl (C=O) groups excluding carboxylic acids is 1. The number of carbonyl (C=O) groups is 1. The molecule has 0 saturated heterocycles. The van der Waals surface area contributed by atoms with E-state index in [0.717, 1.165) is 11.4 Å². The maximum Gasteiger partial charge on any atom is 0.257 e. The summed E-state index contributed by atoms with van der Waals surface area (Å²) >= 11 is 0. The Labute approximate surface area is 112 Å². The third-order valence-corrected chi connectivity index (χ3v) is 2.57. The van der Waals surface area contributed by atoms with E-state index in [2.05, 4.69) is 10.3 Å². The first-order valence-corrected chi connectivity index (χ1v) is 6.18. The normalized spacial score (nSPS) is 10.2. The molecule has 19 heavy (non-hydrogen) atoms. The highest BCUT2D eigenvalue weighted by Crippen LogP contribution is 2.08. The first-order chi connectivity index (χ1) is 9.29. The van der Waals surface area contributed by atoms with E-state index in [1.165, 1.54) is 0 Å². The summed E-state index contributed by atoms with van der Waals surface area (Å²) < 4.78 is 5.25. The van der Waals surface area contributed by atoms with Crippen LogP contribution in [-0.4, -0.2) is 17.5 Å². The maximum atomic E-state index is 12.0. The van der Waals surface area contributed by atoms with Crippen molar-refractivity contribution in [3.05, 3.63) is 59.9 Å². The number of nitrogens with one attached hydrogen (secondary N) is 1. The highest BCUT2D eigenvalue weighted by Gasteiger charge is 2.06. The average molecular weight is 256 g/mol. The molecular weight excluding hydrogens is 240 g/mol. The van der Waals surface area contributed by atoms with E-state index in [9.17, 15) is 4.79 Å². The van der Waals surface area contributed by atoms with Crippen LogP contribution >= 0.6 is 0 Å². The van der Waals surface area contributed by atoms with Gasteiger partial charge in [0.1, 0.15) is 0 Å². The molecule has 1 heterocycles. The van der Waals surface area contributed by atoms with Crippen LogP contribution in [-0.2, 0) is 11.3 Å². The highest BCUT2D eigenvalue weighted by atomic mass is 16.5. The van der Waals surface area contributed by atoms with Crippen LogP contribution in [0, 0.1) is 0 Å². The van der Waals surface area contributed by atoms with Crippen molar-refractivity contribution >= 4 is 11.6 Å². The molecule has 0 bridgehead atoms. The van der Waals surface area contributed by atoms with Gasteiger partial charge in [0, 0.05) is 18.5 Å². The van der Waals surface area contributed by atoms with Crippen molar-refractivity contribution in [3.8, 4) is 0 Å². The SMILES string of the molecule is CCOCc1ccc(C(=O)Nc2ccccc2)cn1. The molecule has 0 unspecified atom stereocenters. The molecule has 0 aliphatic rings. The summed E-state index contributed by atoms with van der Waals surface area (Å²) in [7, 11) is 0. The molecule has 4 nitrogen and oxygen atoms in total. The van der Waals surface area contributed by atoms with E-state index in [1.54, 1.807) is 18.3 Å². The molecule has 0 fully saturated rings. The summed E-state index contributed by atoms with van der Waals surface area (Å²) in [6.45, 7) is 3.05. The molecule has 1 N–H and O–H groups in total. The third kappa shape index (κ3) is 3.89. The van der Waals surface area contributed by atoms with E-state index in [1.807, 2.05) is 37.3 Å². The zero-order valence-corrected chi connectivity index (χ0v) is 10.8. The molecule has 0 aliphatic heterocycles. The van der Waals surface area contributed by atoms with Crippen LogP contribution < -0.4 is 5.32 Å². The molecule has 0 saturated carbocycles. The standard InChI is InChI=1S/C15H16N2O2/c1-2-19-11-14-9-8-12(10-16-14)15(18)17-13-6-4-3-5-7-13/h3-10H,2,11H2,1H3,(H,17,18). The second-order valence-electron chi connectivity index (χ2n) is 4.00. The molecular formula is C15H16N2O2. The van der Waals surface area contributed by atoms with Crippen LogP contribution in [0.25, 0.3) is 0 Å². The van der Waals surface area contributed by atoms with Gasteiger partial charge in [0.15, 0.2) is 0 Å². The van der Waals surface area contributed by atoms with Crippen molar-refractivity contribution in [1.82, 2.24) is 4.98 Å². The Bertz CT molecular complexity index is 524. The molecule has 1 aromatic heterocycles. The number of pyridine rings is 1. The van der Waals surface area contributed by atoms with Gasteiger partial charge in [-0.2, -0.15) is 0 Å². The van der Waals surface area contributed by atoms with Crippen LogP contribution in [0.15, 0.2) is 48.7 Å². The van der Waals surface area contributed by atoms with Gasteiger partial charge in [-0.1, -0.05) is 18.2 Å². The molecule has 0 radical (unpaired) electrons. The number of hydrogen-bond acceptors (Lipinski definition) is 3. The topological polar surface area (TPSA) is 51.2 Å². The molecule has 0 spiro atoms. The first-order valence-electron chi connectivity index (χ1n) is 6.18. The van der Waals surface area contributed by atoms with Gasteiger partial charge in [-0.05, 0) is 31.2 Å². The lowest BCUT2D eigenvalue weighted by molar-refractivity contribution is 0.102. The molecule has 2 aromatic rings. The predicted molar refractivity (Wildman–Crippen MR) is 74.0 cm³/mol. The van der Waals surface area contributed by atoms with E-state index >= 15 is 0 Å². The number of benzene rings is 1. The van der Waals surface area contributed by atoms with Gasteiger partial charge in [-0.25, -0.2) is 0 Å². The van der Waals surface area contributed by atoms with Gasteiger partial charge >= 0.3 is 0 Å². The quantitative estimate of drug-likeness (QED) is 0.895. The minimum absolute atomic E-state index is 0.165. The number of ether oxygens (including phenoxy) is 1. The third-order valence-electron chi connectivity index (χ3n) is 2.57. The van der Waals surface area contributed by atoms with Crippen molar-refractivity contribution in [2.75, 3.05) is 11.9 Å². The molecule has 0 aliphatic carbocycles. The second kappa shape index (κ2) is 6.66. The number of para-hydroxylation sites is 1. The number of nitrogens with zero attached hydrogens (tertiary/aromatic N) is 1. The zero-order valence-electron chi connectivity index (χ0n) is 10.8. The van der Waals surface area contributed by atoms with Gasteiger partial charge in [0.2, 0.25) is 0 Å². The fourth-order valence-electron chi connectivity index (χ4n) is 1.58. The fraction of sp³-hybridized carbons (Fsp3) is 0.200. The first kappa shape index (κ1) is 13.2. The number of rotatable bonds is 5. The van der Waals surface area contributed by atoms with Crippen molar-refractivity contribution in [3.63, 3.8) is 0 Å².